The predicted molar refractivity (Wildman–Crippen MR) is 178 cm³/mol. The summed E-state index contributed by atoms with van der Waals surface area (Å²) < 4.78 is 2.32. The fourth-order valence-corrected chi connectivity index (χ4v) is 6.01. The minimum absolute atomic E-state index is 0.865. The van der Waals surface area contributed by atoms with Gasteiger partial charge in [-0.1, -0.05) is 86.8 Å². The molecule has 4 nitrogen and oxygen atoms in total. The maximum absolute atomic E-state index is 5.14. The normalized spacial score (nSPS) is 11.4. The Morgan fingerprint density at radius 1 is 0.581 bits per heavy atom. The van der Waals surface area contributed by atoms with Crippen LogP contribution in [0.3, 0.4) is 0 Å². The number of pyridine rings is 3. The molecule has 7 aromatic rings. The van der Waals surface area contributed by atoms with E-state index in [-0.39, 0.29) is 0 Å². The number of rotatable bonds is 9. The third-order valence-electron chi connectivity index (χ3n) is 8.23. The number of para-hydroxylation sites is 1. The zero-order valence-corrected chi connectivity index (χ0v) is 24.4. The second-order valence-corrected chi connectivity index (χ2v) is 11.1. The highest BCUT2D eigenvalue weighted by Gasteiger charge is 2.14. The van der Waals surface area contributed by atoms with Crippen molar-refractivity contribution in [3.05, 3.63) is 133 Å². The van der Waals surface area contributed by atoms with Crippen LogP contribution in [0.25, 0.3) is 61.3 Å². The Labute approximate surface area is 252 Å². The Kier molecular flexibility index (Phi) is 7.49. The zero-order valence-electron chi connectivity index (χ0n) is 24.4. The van der Waals surface area contributed by atoms with Crippen LogP contribution in [-0.4, -0.2) is 19.5 Å². The van der Waals surface area contributed by atoms with Crippen molar-refractivity contribution < 1.29 is 0 Å². The van der Waals surface area contributed by atoms with Gasteiger partial charge in [-0.05, 0) is 78.1 Å². The van der Waals surface area contributed by atoms with Crippen molar-refractivity contribution in [1.29, 1.82) is 0 Å². The molecule has 4 heteroatoms. The molecule has 210 valence electrons. The van der Waals surface area contributed by atoms with Crippen molar-refractivity contribution in [2.24, 2.45) is 0 Å². The summed E-state index contributed by atoms with van der Waals surface area (Å²) in [6.07, 6.45) is 11.9. The Balaban J connectivity index is 1.32. The molecule has 4 heterocycles. The van der Waals surface area contributed by atoms with E-state index >= 15 is 0 Å². The van der Waals surface area contributed by atoms with E-state index in [2.05, 4.69) is 112 Å². The summed E-state index contributed by atoms with van der Waals surface area (Å²) in [4.78, 5) is 14.2. The average molecular weight is 559 g/mol. The molecule has 0 aliphatic rings. The first-order valence-electron chi connectivity index (χ1n) is 15.3. The SMILES string of the molecule is CCCCCCc1ccc(-c2cc(-c3cccc(-n4c5ccccc5c5cnccc54)c3)nc(-c3ccccn3)c2)cc1. The zero-order chi connectivity index (χ0) is 29.0. The summed E-state index contributed by atoms with van der Waals surface area (Å²) in [7, 11) is 0. The lowest BCUT2D eigenvalue weighted by atomic mass is 9.98. The molecule has 0 amide bonds. The lowest BCUT2D eigenvalue weighted by molar-refractivity contribution is 0.667. The van der Waals surface area contributed by atoms with Gasteiger partial charge in [0, 0.05) is 40.6 Å². The first kappa shape index (κ1) is 26.8. The summed E-state index contributed by atoms with van der Waals surface area (Å²) in [5.41, 5.74) is 10.8. The molecule has 0 radical (unpaired) electrons. The van der Waals surface area contributed by atoms with Crippen LogP contribution in [0, 0.1) is 0 Å². The highest BCUT2D eigenvalue weighted by molar-refractivity contribution is 6.08. The lowest BCUT2D eigenvalue weighted by Gasteiger charge is -2.13. The largest absolute Gasteiger partial charge is 0.309 e. The second kappa shape index (κ2) is 12.0. The molecule has 4 aromatic heterocycles. The van der Waals surface area contributed by atoms with E-state index in [1.807, 2.05) is 36.8 Å². The van der Waals surface area contributed by atoms with Gasteiger partial charge in [0.25, 0.3) is 0 Å². The van der Waals surface area contributed by atoms with E-state index in [0.29, 0.717) is 0 Å². The van der Waals surface area contributed by atoms with Gasteiger partial charge in [-0.2, -0.15) is 0 Å². The van der Waals surface area contributed by atoms with E-state index in [1.165, 1.54) is 42.2 Å². The Morgan fingerprint density at radius 3 is 2.28 bits per heavy atom. The summed E-state index contributed by atoms with van der Waals surface area (Å²) in [5, 5.41) is 2.34. The van der Waals surface area contributed by atoms with E-state index in [0.717, 1.165) is 56.7 Å². The van der Waals surface area contributed by atoms with E-state index < -0.39 is 0 Å². The molecule has 0 bridgehead atoms. The van der Waals surface area contributed by atoms with Crippen molar-refractivity contribution in [2.45, 2.75) is 39.0 Å². The minimum Gasteiger partial charge on any atom is -0.309 e. The van der Waals surface area contributed by atoms with Crippen molar-refractivity contribution in [3.63, 3.8) is 0 Å². The van der Waals surface area contributed by atoms with Crippen LogP contribution in [0.5, 0.6) is 0 Å². The minimum atomic E-state index is 0.865. The Morgan fingerprint density at radius 2 is 1.42 bits per heavy atom. The molecule has 0 fully saturated rings. The number of unbranched alkanes of at least 4 members (excludes halogenated alkanes) is 3. The van der Waals surface area contributed by atoms with Gasteiger partial charge in [0.15, 0.2) is 0 Å². The van der Waals surface area contributed by atoms with Gasteiger partial charge >= 0.3 is 0 Å². The van der Waals surface area contributed by atoms with Gasteiger partial charge in [0.1, 0.15) is 0 Å². The van der Waals surface area contributed by atoms with Crippen LogP contribution in [0.1, 0.15) is 38.2 Å². The maximum atomic E-state index is 5.14. The van der Waals surface area contributed by atoms with Gasteiger partial charge in [-0.25, -0.2) is 4.98 Å². The number of hydrogen-bond acceptors (Lipinski definition) is 3. The number of aromatic nitrogens is 4. The molecule has 0 saturated carbocycles. The Bertz CT molecular complexity index is 1950. The standard InChI is InChI=1S/C39H34N4/c1-2-3-4-5-11-28-17-19-29(20-18-28)31-25-36(42-37(26-31)35-15-8-9-22-41-35)30-12-10-13-32(24-30)43-38-16-7-6-14-33(38)34-27-40-23-21-39(34)43/h6-10,12-27H,2-5,11H2,1H3. The third-order valence-corrected chi connectivity index (χ3v) is 8.23. The number of aryl methyl sites for hydroxylation is 1. The summed E-state index contributed by atoms with van der Waals surface area (Å²) in [5.74, 6) is 0. The van der Waals surface area contributed by atoms with Gasteiger partial charge < -0.3 is 4.57 Å². The smallest absolute Gasteiger partial charge is 0.0899 e. The fraction of sp³-hybridized carbons (Fsp3) is 0.154. The molecule has 43 heavy (non-hydrogen) atoms. The molecule has 0 unspecified atom stereocenters. The monoisotopic (exact) mass is 558 g/mol. The number of hydrogen-bond donors (Lipinski definition) is 0. The third kappa shape index (κ3) is 5.44. The molecular formula is C39H34N4. The summed E-state index contributed by atoms with van der Waals surface area (Å²) >= 11 is 0. The summed E-state index contributed by atoms with van der Waals surface area (Å²) in [6.45, 7) is 2.26. The van der Waals surface area contributed by atoms with Crippen LogP contribution in [0.2, 0.25) is 0 Å². The maximum Gasteiger partial charge on any atom is 0.0899 e. The second-order valence-electron chi connectivity index (χ2n) is 11.1. The van der Waals surface area contributed by atoms with Crippen molar-refractivity contribution in [2.75, 3.05) is 0 Å². The van der Waals surface area contributed by atoms with Crippen molar-refractivity contribution in [3.8, 4) is 39.5 Å². The first-order chi connectivity index (χ1) is 21.3. The highest BCUT2D eigenvalue weighted by Crippen LogP contribution is 2.34. The molecule has 0 aliphatic carbocycles. The molecule has 0 N–H and O–H groups in total. The highest BCUT2D eigenvalue weighted by atomic mass is 15.0. The van der Waals surface area contributed by atoms with Crippen molar-refractivity contribution >= 4 is 21.8 Å². The van der Waals surface area contributed by atoms with Gasteiger partial charge in [0.05, 0.1) is 28.1 Å². The van der Waals surface area contributed by atoms with Crippen LogP contribution in [0.4, 0.5) is 0 Å². The van der Waals surface area contributed by atoms with Gasteiger partial charge in [0.2, 0.25) is 0 Å². The lowest BCUT2D eigenvalue weighted by Crippen LogP contribution is -1.96. The summed E-state index contributed by atoms with van der Waals surface area (Å²) in [6, 6.07) is 38.7. The van der Waals surface area contributed by atoms with Crippen LogP contribution in [0.15, 0.2) is 128 Å². The topological polar surface area (TPSA) is 43.6 Å². The molecule has 0 atom stereocenters. The van der Waals surface area contributed by atoms with Gasteiger partial charge in [-0.3, -0.25) is 9.97 Å². The van der Waals surface area contributed by atoms with Gasteiger partial charge in [-0.15, -0.1) is 0 Å². The quantitative estimate of drug-likeness (QED) is 0.166. The molecule has 0 spiro atoms. The number of nitrogens with zero attached hydrogens (tertiary/aromatic N) is 4. The van der Waals surface area contributed by atoms with E-state index in [9.17, 15) is 0 Å². The molecular weight excluding hydrogens is 524 g/mol. The molecule has 0 aliphatic heterocycles. The van der Waals surface area contributed by atoms with Crippen LogP contribution in [-0.2, 0) is 6.42 Å². The fourth-order valence-electron chi connectivity index (χ4n) is 6.01. The van der Waals surface area contributed by atoms with Crippen LogP contribution < -0.4 is 0 Å². The average Bonchev–Trinajstić information content (AvgIpc) is 3.42. The van der Waals surface area contributed by atoms with Crippen LogP contribution >= 0.6 is 0 Å². The van der Waals surface area contributed by atoms with Crippen molar-refractivity contribution in [1.82, 2.24) is 19.5 Å². The number of fused-ring (bicyclic) bond motifs is 3. The molecule has 0 saturated heterocycles. The predicted octanol–water partition coefficient (Wildman–Crippen LogP) is 10.1. The Hall–Kier alpha value is -5.09. The molecule has 3 aromatic carbocycles. The molecule has 7 rings (SSSR count). The number of benzene rings is 3. The van der Waals surface area contributed by atoms with E-state index in [4.69, 9.17) is 4.98 Å². The first-order valence-corrected chi connectivity index (χ1v) is 15.3. The van der Waals surface area contributed by atoms with E-state index in [1.54, 1.807) is 0 Å².